The Morgan fingerprint density at radius 3 is 2.53 bits per heavy atom. The number of hydrogen-bond acceptors (Lipinski definition) is 3. The van der Waals surface area contributed by atoms with Crippen molar-refractivity contribution in [3.8, 4) is 0 Å². The number of para-hydroxylation sites is 1. The number of fused-ring (bicyclic) bond motifs is 1. The summed E-state index contributed by atoms with van der Waals surface area (Å²) in [5, 5.41) is 1.04. The topological polar surface area (TPSA) is 61.3 Å². The number of ketones is 1. The summed E-state index contributed by atoms with van der Waals surface area (Å²) in [4.78, 5) is 33.0. The van der Waals surface area contributed by atoms with E-state index >= 15 is 0 Å². The van der Waals surface area contributed by atoms with E-state index in [1.165, 1.54) is 0 Å². The fraction of sp³-hybridized carbons (Fsp3) is 0.333. The number of H-pyrrole nitrogens is 1. The van der Waals surface area contributed by atoms with Gasteiger partial charge in [-0.25, -0.2) is 0 Å². The van der Waals surface area contributed by atoms with Gasteiger partial charge in [0.1, 0.15) is 5.69 Å². The number of aromatic amines is 1. The summed E-state index contributed by atoms with van der Waals surface area (Å²) >= 11 is 0. The summed E-state index contributed by atoms with van der Waals surface area (Å²) < 4.78 is 2.11. The Morgan fingerprint density at radius 1 is 1.10 bits per heavy atom. The maximum absolute atomic E-state index is 12.9. The standard InChI is InChI=1S/C24H28N4O2/c1-4-9-28-17(2)14-20(18(28)3)23(29)16-26-10-12-27(13-11-26)24(30)22-15-19-7-5-6-8-21(19)25-22/h4-8,14-15,25H,1,9-13,16H2,2-3H3. The van der Waals surface area contributed by atoms with Gasteiger partial charge in [-0.3, -0.25) is 14.5 Å². The van der Waals surface area contributed by atoms with Crippen LogP contribution in [-0.2, 0) is 6.54 Å². The van der Waals surface area contributed by atoms with Crippen LogP contribution < -0.4 is 0 Å². The van der Waals surface area contributed by atoms with Crippen LogP contribution in [0.1, 0.15) is 32.2 Å². The predicted octanol–water partition coefficient (Wildman–Crippen LogP) is 3.41. The molecule has 1 amide bonds. The maximum atomic E-state index is 12.9. The van der Waals surface area contributed by atoms with Crippen molar-refractivity contribution in [2.45, 2.75) is 20.4 Å². The number of hydrogen-bond donors (Lipinski definition) is 1. The fourth-order valence-corrected chi connectivity index (χ4v) is 4.25. The third kappa shape index (κ3) is 3.83. The Balaban J connectivity index is 1.36. The smallest absolute Gasteiger partial charge is 0.270 e. The average Bonchev–Trinajstić information content (AvgIpc) is 3.30. The number of allylic oxidation sites excluding steroid dienone is 1. The quantitative estimate of drug-likeness (QED) is 0.506. The second-order valence-corrected chi connectivity index (χ2v) is 7.95. The van der Waals surface area contributed by atoms with Crippen LogP contribution in [0, 0.1) is 13.8 Å². The summed E-state index contributed by atoms with van der Waals surface area (Å²) in [5.41, 5.74) is 4.44. The van der Waals surface area contributed by atoms with E-state index in [4.69, 9.17) is 0 Å². The van der Waals surface area contributed by atoms with Gasteiger partial charge >= 0.3 is 0 Å². The van der Waals surface area contributed by atoms with E-state index in [1.807, 2.05) is 61.2 Å². The number of nitrogens with zero attached hydrogens (tertiary/aromatic N) is 3. The Labute approximate surface area is 176 Å². The van der Waals surface area contributed by atoms with Gasteiger partial charge in [0.05, 0.1) is 6.54 Å². The molecule has 1 aromatic carbocycles. The minimum atomic E-state index is 0.0187. The summed E-state index contributed by atoms with van der Waals surface area (Å²) in [7, 11) is 0. The number of aryl methyl sites for hydroxylation is 1. The molecule has 1 aliphatic rings. The van der Waals surface area contributed by atoms with E-state index in [2.05, 4.69) is 21.0 Å². The highest BCUT2D eigenvalue weighted by molar-refractivity contribution is 5.99. The van der Waals surface area contributed by atoms with Crippen molar-refractivity contribution in [3.63, 3.8) is 0 Å². The first-order chi connectivity index (χ1) is 14.5. The van der Waals surface area contributed by atoms with Crippen molar-refractivity contribution in [1.29, 1.82) is 0 Å². The third-order valence-electron chi connectivity index (χ3n) is 5.97. The monoisotopic (exact) mass is 404 g/mol. The zero-order valence-electron chi connectivity index (χ0n) is 17.6. The van der Waals surface area contributed by atoms with E-state index in [0.29, 0.717) is 45.0 Å². The van der Waals surface area contributed by atoms with Crippen LogP contribution in [0.3, 0.4) is 0 Å². The van der Waals surface area contributed by atoms with Gasteiger partial charge < -0.3 is 14.5 Å². The molecule has 1 fully saturated rings. The molecule has 6 nitrogen and oxygen atoms in total. The Kier molecular flexibility index (Phi) is 5.59. The minimum Gasteiger partial charge on any atom is -0.351 e. The van der Waals surface area contributed by atoms with Gasteiger partial charge in [0.2, 0.25) is 0 Å². The van der Waals surface area contributed by atoms with E-state index in [1.54, 1.807) is 0 Å². The zero-order chi connectivity index (χ0) is 21.3. The molecule has 0 bridgehead atoms. The summed E-state index contributed by atoms with van der Waals surface area (Å²) in [6.07, 6.45) is 1.84. The van der Waals surface area contributed by atoms with E-state index in [9.17, 15) is 9.59 Å². The molecule has 3 heterocycles. The molecule has 0 atom stereocenters. The fourth-order valence-electron chi connectivity index (χ4n) is 4.25. The van der Waals surface area contributed by atoms with Gasteiger partial charge in [-0.05, 0) is 32.0 Å². The van der Waals surface area contributed by atoms with Crippen molar-refractivity contribution in [2.75, 3.05) is 32.7 Å². The number of piperazine rings is 1. The molecule has 0 aliphatic carbocycles. The highest BCUT2D eigenvalue weighted by Crippen LogP contribution is 2.18. The van der Waals surface area contributed by atoms with Gasteiger partial charge in [0.25, 0.3) is 5.91 Å². The number of amides is 1. The third-order valence-corrected chi connectivity index (χ3v) is 5.97. The molecule has 0 spiro atoms. The van der Waals surface area contributed by atoms with Crippen molar-refractivity contribution < 1.29 is 9.59 Å². The molecule has 30 heavy (non-hydrogen) atoms. The molecule has 1 aliphatic heterocycles. The van der Waals surface area contributed by atoms with Gasteiger partial charge in [0.15, 0.2) is 5.78 Å². The first kappa shape index (κ1) is 20.2. The highest BCUT2D eigenvalue weighted by Gasteiger charge is 2.25. The molecule has 2 aromatic heterocycles. The van der Waals surface area contributed by atoms with Crippen molar-refractivity contribution in [2.24, 2.45) is 0 Å². The van der Waals surface area contributed by atoms with Gasteiger partial charge in [0, 0.05) is 60.6 Å². The van der Waals surface area contributed by atoms with Gasteiger partial charge in [-0.15, -0.1) is 6.58 Å². The van der Waals surface area contributed by atoms with Gasteiger partial charge in [-0.1, -0.05) is 24.3 Å². The van der Waals surface area contributed by atoms with Crippen LogP contribution in [0.2, 0.25) is 0 Å². The number of carbonyl (C=O) groups is 2. The molecule has 6 heteroatoms. The molecular weight excluding hydrogens is 376 g/mol. The second kappa shape index (κ2) is 8.32. The normalized spacial score (nSPS) is 14.9. The number of nitrogens with one attached hydrogen (secondary N) is 1. The SMILES string of the molecule is C=CCn1c(C)cc(C(=O)CN2CCN(C(=O)c3cc4ccccc4[nH]3)CC2)c1C. The molecule has 0 unspecified atom stereocenters. The van der Waals surface area contributed by atoms with Crippen molar-refractivity contribution >= 4 is 22.6 Å². The van der Waals surface area contributed by atoms with E-state index < -0.39 is 0 Å². The lowest BCUT2D eigenvalue weighted by molar-refractivity contribution is 0.0620. The van der Waals surface area contributed by atoms with Crippen LogP contribution in [0.5, 0.6) is 0 Å². The summed E-state index contributed by atoms with van der Waals surface area (Å²) in [5.74, 6) is 0.152. The summed E-state index contributed by atoms with van der Waals surface area (Å²) in [6, 6.07) is 11.8. The second-order valence-electron chi connectivity index (χ2n) is 7.95. The van der Waals surface area contributed by atoms with Gasteiger partial charge in [-0.2, -0.15) is 0 Å². The number of carbonyl (C=O) groups excluding carboxylic acids is 2. The number of Topliss-reactive ketones (excluding diaryl/α,β-unsaturated/α-hetero) is 1. The Hall–Kier alpha value is -3.12. The molecule has 0 radical (unpaired) electrons. The van der Waals surface area contributed by atoms with Crippen LogP contribution in [0.4, 0.5) is 0 Å². The lowest BCUT2D eigenvalue weighted by atomic mass is 10.1. The molecule has 1 N–H and O–H groups in total. The molecule has 156 valence electrons. The minimum absolute atomic E-state index is 0.0187. The highest BCUT2D eigenvalue weighted by atomic mass is 16.2. The zero-order valence-corrected chi connectivity index (χ0v) is 17.6. The van der Waals surface area contributed by atoms with Crippen LogP contribution in [0.25, 0.3) is 10.9 Å². The molecular formula is C24H28N4O2. The Morgan fingerprint density at radius 2 is 1.83 bits per heavy atom. The largest absolute Gasteiger partial charge is 0.351 e. The molecule has 0 saturated carbocycles. The lowest BCUT2D eigenvalue weighted by Gasteiger charge is -2.34. The Bertz CT molecular complexity index is 1070. The lowest BCUT2D eigenvalue weighted by Crippen LogP contribution is -2.50. The number of aromatic nitrogens is 2. The van der Waals surface area contributed by atoms with Crippen molar-refractivity contribution in [1.82, 2.24) is 19.4 Å². The van der Waals surface area contributed by atoms with Crippen LogP contribution in [0.15, 0.2) is 49.1 Å². The molecule has 4 rings (SSSR count). The predicted molar refractivity (Wildman–Crippen MR) is 119 cm³/mol. The molecule has 3 aromatic rings. The maximum Gasteiger partial charge on any atom is 0.270 e. The van der Waals surface area contributed by atoms with Crippen LogP contribution in [-0.4, -0.2) is 63.8 Å². The van der Waals surface area contributed by atoms with E-state index in [-0.39, 0.29) is 11.7 Å². The molecule has 1 saturated heterocycles. The van der Waals surface area contributed by atoms with Crippen LogP contribution >= 0.6 is 0 Å². The number of rotatable bonds is 6. The number of benzene rings is 1. The first-order valence-electron chi connectivity index (χ1n) is 10.4. The van der Waals surface area contributed by atoms with Crippen molar-refractivity contribution in [3.05, 3.63) is 71.7 Å². The average molecular weight is 405 g/mol. The summed E-state index contributed by atoms with van der Waals surface area (Å²) in [6.45, 7) is 11.5. The first-order valence-corrected chi connectivity index (χ1v) is 10.4. The van der Waals surface area contributed by atoms with E-state index in [0.717, 1.165) is 27.9 Å².